The Kier molecular flexibility index (Phi) is 3.28. The second-order valence-corrected chi connectivity index (χ2v) is 3.66. The van der Waals surface area contributed by atoms with Crippen LogP contribution in [0.5, 0.6) is 0 Å². The maximum absolute atomic E-state index is 11.5. The normalized spacial score (nSPS) is 14.2. The highest BCUT2D eigenvalue weighted by atomic mass is 16.4. The molecule has 7 heteroatoms. The number of carbonyl (C=O) groups excluding carboxylic acids is 1. The largest absolute Gasteiger partial charge is 0.479 e. The molecule has 0 bridgehead atoms. The van der Waals surface area contributed by atoms with Gasteiger partial charge in [-0.3, -0.25) is 9.48 Å². The van der Waals surface area contributed by atoms with Crippen LogP contribution in [0.2, 0.25) is 0 Å². The summed E-state index contributed by atoms with van der Waals surface area (Å²) in [6.45, 7) is 0.745. The molecule has 0 fully saturated rings. The summed E-state index contributed by atoms with van der Waals surface area (Å²) in [5.41, 5.74) is -1.67. The Balaban J connectivity index is 2.57. The minimum Gasteiger partial charge on any atom is -0.479 e. The summed E-state index contributed by atoms with van der Waals surface area (Å²) < 4.78 is 1.45. The fourth-order valence-corrected chi connectivity index (χ4v) is 0.969. The fourth-order valence-electron chi connectivity index (χ4n) is 0.969. The van der Waals surface area contributed by atoms with Crippen LogP contribution in [0.25, 0.3) is 0 Å². The molecule has 1 heterocycles. The second-order valence-electron chi connectivity index (χ2n) is 3.66. The predicted molar refractivity (Wildman–Crippen MR) is 53.8 cm³/mol. The van der Waals surface area contributed by atoms with Crippen LogP contribution in [0, 0.1) is 0 Å². The Morgan fingerprint density at radius 1 is 1.62 bits per heavy atom. The molecule has 1 aromatic heterocycles. The van der Waals surface area contributed by atoms with E-state index in [0.717, 1.165) is 6.92 Å². The van der Waals surface area contributed by atoms with Crippen molar-refractivity contribution in [3.8, 4) is 0 Å². The van der Waals surface area contributed by atoms with Crippen molar-refractivity contribution >= 4 is 11.9 Å². The molecule has 0 radical (unpaired) electrons. The van der Waals surface area contributed by atoms with Crippen molar-refractivity contribution in [1.82, 2.24) is 15.1 Å². The van der Waals surface area contributed by atoms with E-state index in [1.54, 1.807) is 7.05 Å². The summed E-state index contributed by atoms with van der Waals surface area (Å²) in [4.78, 5) is 22.0. The summed E-state index contributed by atoms with van der Waals surface area (Å²) in [7, 11) is 1.66. The van der Waals surface area contributed by atoms with Crippen molar-refractivity contribution in [1.29, 1.82) is 0 Å². The van der Waals surface area contributed by atoms with Gasteiger partial charge in [-0.05, 0) is 6.92 Å². The van der Waals surface area contributed by atoms with Crippen molar-refractivity contribution in [3.63, 3.8) is 0 Å². The van der Waals surface area contributed by atoms with Crippen molar-refractivity contribution in [2.24, 2.45) is 7.05 Å². The molecule has 0 aliphatic carbocycles. The van der Waals surface area contributed by atoms with Crippen LogP contribution in [0.1, 0.15) is 17.3 Å². The maximum atomic E-state index is 11.5. The number of aryl methyl sites for hydroxylation is 1. The lowest BCUT2D eigenvalue weighted by Crippen LogP contribution is -2.46. The number of carbonyl (C=O) groups is 2. The van der Waals surface area contributed by atoms with Crippen LogP contribution in [-0.2, 0) is 11.8 Å². The molecule has 0 aromatic carbocycles. The lowest BCUT2D eigenvalue weighted by atomic mass is 10.1. The molecule has 88 valence electrons. The van der Waals surface area contributed by atoms with Gasteiger partial charge in [-0.2, -0.15) is 5.10 Å². The molecule has 7 nitrogen and oxygen atoms in total. The number of aliphatic carboxylic acids is 1. The van der Waals surface area contributed by atoms with E-state index in [9.17, 15) is 14.7 Å². The van der Waals surface area contributed by atoms with Crippen LogP contribution in [0.15, 0.2) is 12.4 Å². The third-order valence-corrected chi connectivity index (χ3v) is 2.02. The van der Waals surface area contributed by atoms with Gasteiger partial charge in [0, 0.05) is 13.2 Å². The van der Waals surface area contributed by atoms with Gasteiger partial charge in [0.2, 0.25) is 0 Å². The SMILES string of the molecule is Cn1cc(C(=O)NCC(C)(O)C(=O)O)cn1. The highest BCUT2D eigenvalue weighted by Crippen LogP contribution is 2.02. The third kappa shape index (κ3) is 2.80. The molecule has 0 saturated heterocycles. The zero-order chi connectivity index (χ0) is 12.3. The number of aliphatic hydroxyl groups is 1. The number of nitrogens with zero attached hydrogens (tertiary/aromatic N) is 2. The second kappa shape index (κ2) is 4.31. The number of carboxylic acids is 1. The molecule has 3 N–H and O–H groups in total. The van der Waals surface area contributed by atoms with Gasteiger partial charge in [-0.25, -0.2) is 4.79 Å². The van der Waals surface area contributed by atoms with Crippen molar-refractivity contribution in [3.05, 3.63) is 18.0 Å². The van der Waals surface area contributed by atoms with Crippen LogP contribution >= 0.6 is 0 Å². The molecule has 0 aliphatic heterocycles. The highest BCUT2D eigenvalue weighted by molar-refractivity contribution is 5.94. The van der Waals surface area contributed by atoms with Crippen molar-refractivity contribution < 1.29 is 19.8 Å². The van der Waals surface area contributed by atoms with Crippen molar-refractivity contribution in [2.45, 2.75) is 12.5 Å². The maximum Gasteiger partial charge on any atom is 0.337 e. The highest BCUT2D eigenvalue weighted by Gasteiger charge is 2.30. The van der Waals surface area contributed by atoms with Gasteiger partial charge in [0.1, 0.15) is 0 Å². The predicted octanol–water partition coefficient (Wildman–Crippen LogP) is -1.01. The van der Waals surface area contributed by atoms with Crippen LogP contribution in [0.4, 0.5) is 0 Å². The molecule has 0 saturated carbocycles. The average molecular weight is 227 g/mol. The summed E-state index contributed by atoms with van der Waals surface area (Å²) in [5, 5.41) is 24.1. The van der Waals surface area contributed by atoms with Gasteiger partial charge in [0.15, 0.2) is 5.60 Å². The van der Waals surface area contributed by atoms with Gasteiger partial charge in [0.25, 0.3) is 5.91 Å². The Morgan fingerprint density at radius 2 is 2.25 bits per heavy atom. The Bertz CT molecular complexity index is 411. The number of rotatable bonds is 4. The van der Waals surface area contributed by atoms with Gasteiger partial charge < -0.3 is 15.5 Å². The topological polar surface area (TPSA) is 104 Å². The van der Waals surface area contributed by atoms with E-state index in [1.807, 2.05) is 0 Å². The number of nitrogens with one attached hydrogen (secondary N) is 1. The summed E-state index contributed by atoms with van der Waals surface area (Å²) in [6, 6.07) is 0. The monoisotopic (exact) mass is 227 g/mol. The smallest absolute Gasteiger partial charge is 0.337 e. The first-order valence-electron chi connectivity index (χ1n) is 4.55. The first kappa shape index (κ1) is 12.2. The number of carboxylic acid groups (broad SMARTS) is 1. The van der Waals surface area contributed by atoms with Crippen molar-refractivity contribution in [2.75, 3.05) is 6.54 Å². The van der Waals surface area contributed by atoms with Crippen LogP contribution in [0.3, 0.4) is 0 Å². The first-order valence-corrected chi connectivity index (χ1v) is 4.55. The van der Waals surface area contributed by atoms with E-state index in [4.69, 9.17) is 5.11 Å². The van der Waals surface area contributed by atoms with E-state index in [2.05, 4.69) is 10.4 Å². The van der Waals surface area contributed by atoms with E-state index < -0.39 is 17.5 Å². The minimum atomic E-state index is -1.97. The van der Waals surface area contributed by atoms with E-state index in [0.29, 0.717) is 5.56 Å². The Morgan fingerprint density at radius 3 is 2.69 bits per heavy atom. The van der Waals surface area contributed by atoms with Gasteiger partial charge >= 0.3 is 5.97 Å². The van der Waals surface area contributed by atoms with Crippen LogP contribution in [-0.4, -0.2) is 44.0 Å². The molecule has 1 amide bonds. The summed E-state index contributed by atoms with van der Waals surface area (Å²) >= 11 is 0. The van der Waals surface area contributed by atoms with Gasteiger partial charge in [0.05, 0.1) is 18.3 Å². The summed E-state index contributed by atoms with van der Waals surface area (Å²) in [5.74, 6) is -1.87. The molecule has 1 atom stereocenters. The summed E-state index contributed by atoms with van der Waals surface area (Å²) in [6.07, 6.45) is 2.84. The average Bonchev–Trinajstić information content (AvgIpc) is 2.61. The zero-order valence-corrected chi connectivity index (χ0v) is 8.97. The number of amides is 1. The third-order valence-electron chi connectivity index (χ3n) is 2.02. The molecular weight excluding hydrogens is 214 g/mol. The number of aromatic nitrogens is 2. The molecule has 1 rings (SSSR count). The number of hydrogen-bond donors (Lipinski definition) is 3. The molecule has 1 aromatic rings. The standard InChI is InChI=1S/C9H13N3O4/c1-9(16,8(14)15)5-10-7(13)6-3-11-12(2)4-6/h3-4,16H,5H2,1-2H3,(H,10,13)(H,14,15). The minimum absolute atomic E-state index is 0.309. The fraction of sp³-hybridized carbons (Fsp3) is 0.444. The quantitative estimate of drug-likeness (QED) is 0.611. The van der Waals surface area contributed by atoms with Gasteiger partial charge in [-0.15, -0.1) is 0 Å². The molecule has 0 aliphatic rings. The molecule has 1 unspecified atom stereocenters. The van der Waals surface area contributed by atoms with E-state index >= 15 is 0 Å². The van der Waals surface area contributed by atoms with E-state index in [-0.39, 0.29) is 6.54 Å². The zero-order valence-electron chi connectivity index (χ0n) is 8.97. The molecule has 0 spiro atoms. The first-order chi connectivity index (χ1) is 7.33. The van der Waals surface area contributed by atoms with E-state index in [1.165, 1.54) is 17.1 Å². The lowest BCUT2D eigenvalue weighted by molar-refractivity contribution is -0.155. The molecular formula is C9H13N3O4. The number of hydrogen-bond acceptors (Lipinski definition) is 4. The molecule has 16 heavy (non-hydrogen) atoms. The Labute approximate surface area is 91.7 Å². The lowest BCUT2D eigenvalue weighted by Gasteiger charge is -2.17. The van der Waals surface area contributed by atoms with Gasteiger partial charge in [-0.1, -0.05) is 0 Å². The Hall–Kier alpha value is -1.89. The van der Waals surface area contributed by atoms with Crippen LogP contribution < -0.4 is 5.32 Å².